The van der Waals surface area contributed by atoms with Crippen LogP contribution >= 0.6 is 0 Å². The molecule has 0 bridgehead atoms. The van der Waals surface area contributed by atoms with E-state index in [1.54, 1.807) is 12.1 Å². The van der Waals surface area contributed by atoms with E-state index >= 15 is 0 Å². The smallest absolute Gasteiger partial charge is 0.124 e. The van der Waals surface area contributed by atoms with Gasteiger partial charge in [0, 0.05) is 0 Å². The minimum Gasteiger partial charge on any atom is -1.00 e. The fraction of sp³-hybridized carbons (Fsp3) is 0.333. The highest BCUT2D eigenvalue weighted by Crippen LogP contribution is 2.28. The van der Waals surface area contributed by atoms with E-state index in [0.29, 0.717) is 5.75 Å². The SMILES string of the molecule is C[N+]1(Cc2cc(N=Nc3ccccc3)ccc2O)CCOCC1.[I-]. The van der Waals surface area contributed by atoms with E-state index in [1.807, 2.05) is 36.4 Å². The van der Waals surface area contributed by atoms with Crippen molar-refractivity contribution >= 4 is 11.4 Å². The number of phenolic OH excluding ortho intramolecular Hbond substituents is 1. The zero-order valence-corrected chi connectivity index (χ0v) is 15.9. The van der Waals surface area contributed by atoms with E-state index in [-0.39, 0.29) is 24.0 Å². The Balaban J connectivity index is 0.00000208. The van der Waals surface area contributed by atoms with Gasteiger partial charge in [-0.3, -0.25) is 0 Å². The maximum absolute atomic E-state index is 10.2. The lowest BCUT2D eigenvalue weighted by Crippen LogP contribution is -3.00. The van der Waals surface area contributed by atoms with Crippen LogP contribution in [-0.4, -0.2) is 42.9 Å². The Hall–Kier alpha value is -1.51. The second-order valence-electron chi connectivity index (χ2n) is 6.19. The summed E-state index contributed by atoms with van der Waals surface area (Å²) < 4.78 is 6.30. The van der Waals surface area contributed by atoms with Crippen molar-refractivity contribution < 1.29 is 38.3 Å². The predicted molar refractivity (Wildman–Crippen MR) is 89.2 cm³/mol. The van der Waals surface area contributed by atoms with Crippen molar-refractivity contribution in [3.8, 4) is 5.75 Å². The van der Waals surface area contributed by atoms with Gasteiger partial charge in [0.15, 0.2) is 0 Å². The topological polar surface area (TPSA) is 54.2 Å². The fourth-order valence-corrected chi connectivity index (χ4v) is 2.72. The van der Waals surface area contributed by atoms with Crippen molar-refractivity contribution in [2.24, 2.45) is 10.2 Å². The van der Waals surface area contributed by atoms with Crippen molar-refractivity contribution in [1.82, 2.24) is 0 Å². The summed E-state index contributed by atoms with van der Waals surface area (Å²) in [5.41, 5.74) is 2.47. The Morgan fingerprint density at radius 3 is 2.38 bits per heavy atom. The number of rotatable bonds is 4. The van der Waals surface area contributed by atoms with E-state index in [0.717, 1.165) is 54.3 Å². The number of halogens is 1. The van der Waals surface area contributed by atoms with Crippen LogP contribution in [-0.2, 0) is 11.3 Å². The number of phenols is 1. The molecule has 0 atom stereocenters. The summed E-state index contributed by atoms with van der Waals surface area (Å²) in [6.45, 7) is 4.21. The molecule has 0 unspecified atom stereocenters. The molecular formula is C18H22IN3O2. The molecule has 2 aromatic rings. The summed E-state index contributed by atoms with van der Waals surface area (Å²) in [4.78, 5) is 0. The summed E-state index contributed by atoms with van der Waals surface area (Å²) >= 11 is 0. The van der Waals surface area contributed by atoms with E-state index in [2.05, 4.69) is 17.3 Å². The van der Waals surface area contributed by atoms with Gasteiger partial charge in [-0.1, -0.05) is 18.2 Å². The highest BCUT2D eigenvalue weighted by molar-refractivity contribution is 5.47. The van der Waals surface area contributed by atoms with Gasteiger partial charge in [0.05, 0.1) is 37.2 Å². The molecule has 1 aliphatic heterocycles. The van der Waals surface area contributed by atoms with Crippen LogP contribution in [0.4, 0.5) is 11.4 Å². The molecule has 1 fully saturated rings. The average Bonchev–Trinajstić information content (AvgIpc) is 2.57. The summed E-state index contributed by atoms with van der Waals surface area (Å²) in [7, 11) is 2.19. The maximum atomic E-state index is 10.2. The highest BCUT2D eigenvalue weighted by Gasteiger charge is 2.26. The van der Waals surface area contributed by atoms with Crippen LogP contribution in [0.1, 0.15) is 5.56 Å². The molecule has 0 spiro atoms. The lowest BCUT2D eigenvalue weighted by molar-refractivity contribution is -0.929. The van der Waals surface area contributed by atoms with E-state index < -0.39 is 0 Å². The largest absolute Gasteiger partial charge is 1.00 e. The van der Waals surface area contributed by atoms with Crippen molar-refractivity contribution in [2.75, 3.05) is 33.4 Å². The van der Waals surface area contributed by atoms with Crippen molar-refractivity contribution in [3.05, 3.63) is 54.1 Å². The first kappa shape index (κ1) is 18.8. The summed E-state index contributed by atoms with van der Waals surface area (Å²) in [5.74, 6) is 0.314. The van der Waals surface area contributed by atoms with Gasteiger partial charge in [0.2, 0.25) is 0 Å². The lowest BCUT2D eigenvalue weighted by Gasteiger charge is -2.37. The van der Waals surface area contributed by atoms with E-state index in [4.69, 9.17) is 4.74 Å². The number of azo groups is 1. The van der Waals surface area contributed by atoms with Crippen LogP contribution in [0.2, 0.25) is 0 Å². The Bertz CT molecular complexity index is 686. The fourth-order valence-electron chi connectivity index (χ4n) is 2.72. The molecule has 24 heavy (non-hydrogen) atoms. The van der Waals surface area contributed by atoms with Gasteiger partial charge in [-0.25, -0.2) is 0 Å². The Kier molecular flexibility index (Phi) is 6.70. The summed E-state index contributed by atoms with van der Waals surface area (Å²) in [6, 6.07) is 15.0. The normalized spacial score (nSPS) is 16.7. The van der Waals surface area contributed by atoms with Crippen LogP contribution in [0.15, 0.2) is 58.8 Å². The monoisotopic (exact) mass is 439 g/mol. The van der Waals surface area contributed by atoms with Crippen LogP contribution < -0.4 is 24.0 Å². The van der Waals surface area contributed by atoms with Gasteiger partial charge in [-0.15, -0.1) is 0 Å². The molecule has 1 saturated heterocycles. The van der Waals surface area contributed by atoms with E-state index in [9.17, 15) is 5.11 Å². The molecule has 6 heteroatoms. The van der Waals surface area contributed by atoms with Crippen molar-refractivity contribution in [2.45, 2.75) is 6.54 Å². The van der Waals surface area contributed by atoms with Gasteiger partial charge < -0.3 is 38.3 Å². The highest BCUT2D eigenvalue weighted by atomic mass is 127. The van der Waals surface area contributed by atoms with Crippen molar-refractivity contribution in [1.29, 1.82) is 0 Å². The Morgan fingerprint density at radius 1 is 1.00 bits per heavy atom. The standard InChI is InChI=1S/C18H21N3O2.HI/c1-21(9-11-23-12-10-21)14-15-13-17(7-8-18(15)22)20-19-16-5-3-2-4-6-16;/h2-8,13H,9-12,14H2,1H3;1H. The van der Waals surface area contributed by atoms with Crippen LogP contribution in [0.5, 0.6) is 5.75 Å². The summed E-state index contributed by atoms with van der Waals surface area (Å²) in [6.07, 6.45) is 0. The second-order valence-corrected chi connectivity index (χ2v) is 6.19. The minimum absolute atomic E-state index is 0. The van der Waals surface area contributed by atoms with Gasteiger partial charge in [-0.05, 0) is 30.3 Å². The molecule has 0 aliphatic carbocycles. The third-order valence-corrected chi connectivity index (χ3v) is 4.20. The number of morpholine rings is 1. The average molecular weight is 439 g/mol. The molecule has 0 radical (unpaired) electrons. The van der Waals surface area contributed by atoms with Gasteiger partial charge >= 0.3 is 0 Å². The zero-order valence-electron chi connectivity index (χ0n) is 13.7. The maximum Gasteiger partial charge on any atom is 0.124 e. The van der Waals surface area contributed by atoms with Crippen LogP contribution in [0, 0.1) is 0 Å². The molecule has 128 valence electrons. The summed E-state index contributed by atoms with van der Waals surface area (Å²) in [5, 5.41) is 18.7. The Morgan fingerprint density at radius 2 is 1.67 bits per heavy atom. The molecule has 1 heterocycles. The molecule has 5 nitrogen and oxygen atoms in total. The molecule has 2 aromatic carbocycles. The third kappa shape index (κ3) is 4.99. The minimum atomic E-state index is 0. The van der Waals surface area contributed by atoms with E-state index in [1.165, 1.54) is 0 Å². The molecule has 0 saturated carbocycles. The number of likely N-dealkylation sites (N-methyl/N-ethyl adjacent to an activating group) is 1. The zero-order chi connectivity index (χ0) is 16.1. The predicted octanol–water partition coefficient (Wildman–Crippen LogP) is 0.788. The molecule has 3 rings (SSSR count). The molecular weight excluding hydrogens is 417 g/mol. The Labute approximate surface area is 159 Å². The molecule has 1 N–H and O–H groups in total. The number of quaternary nitrogens is 1. The van der Waals surface area contributed by atoms with Gasteiger partial charge in [0.25, 0.3) is 0 Å². The quantitative estimate of drug-likeness (QED) is 0.435. The number of hydrogen-bond acceptors (Lipinski definition) is 4. The van der Waals surface area contributed by atoms with Crippen LogP contribution in [0.3, 0.4) is 0 Å². The first-order valence-corrected chi connectivity index (χ1v) is 7.85. The second kappa shape index (κ2) is 8.55. The number of nitrogens with zero attached hydrogens (tertiary/aromatic N) is 3. The number of aromatic hydroxyl groups is 1. The first-order valence-electron chi connectivity index (χ1n) is 7.85. The first-order chi connectivity index (χ1) is 11.1. The number of hydrogen-bond donors (Lipinski definition) is 1. The van der Waals surface area contributed by atoms with Gasteiger partial charge in [-0.2, -0.15) is 10.2 Å². The van der Waals surface area contributed by atoms with Crippen molar-refractivity contribution in [3.63, 3.8) is 0 Å². The molecule has 0 amide bonds. The third-order valence-electron chi connectivity index (χ3n) is 4.20. The van der Waals surface area contributed by atoms with Crippen LogP contribution in [0.25, 0.3) is 0 Å². The number of ether oxygens (including phenoxy) is 1. The van der Waals surface area contributed by atoms with Gasteiger partial charge in [0.1, 0.15) is 25.4 Å². The lowest BCUT2D eigenvalue weighted by atomic mass is 10.1. The molecule has 1 aliphatic rings. The molecule has 0 aromatic heterocycles. The number of benzene rings is 2.